The largest absolute Gasteiger partial charge is 0.394 e. The predicted molar refractivity (Wildman–Crippen MR) is 69.6 cm³/mol. The molecule has 18 heavy (non-hydrogen) atoms. The first-order valence-electron chi connectivity index (χ1n) is 5.93. The normalized spacial score (nSPS) is 12.5. The lowest BCUT2D eigenvalue weighted by atomic mass is 10.0. The van der Waals surface area contributed by atoms with Gasteiger partial charge in [-0.3, -0.25) is 10.1 Å². The molecule has 0 amide bonds. The summed E-state index contributed by atoms with van der Waals surface area (Å²) in [6.45, 7) is 5.65. The summed E-state index contributed by atoms with van der Waals surface area (Å²) in [7, 11) is 0. The van der Waals surface area contributed by atoms with E-state index in [1.807, 2.05) is 13.8 Å². The third-order valence-corrected chi connectivity index (χ3v) is 2.63. The van der Waals surface area contributed by atoms with Crippen molar-refractivity contribution in [2.45, 2.75) is 33.2 Å². The molecule has 0 aromatic carbocycles. The van der Waals surface area contributed by atoms with Crippen LogP contribution < -0.4 is 5.32 Å². The second-order valence-electron chi connectivity index (χ2n) is 4.74. The second kappa shape index (κ2) is 6.30. The van der Waals surface area contributed by atoms with Gasteiger partial charge in [-0.1, -0.05) is 13.8 Å². The molecule has 1 atom stereocenters. The highest BCUT2D eigenvalue weighted by atomic mass is 16.6. The number of aromatic nitrogens is 1. The Labute approximate surface area is 106 Å². The Balaban J connectivity index is 2.95. The number of aryl methyl sites for hydroxylation is 1. The van der Waals surface area contributed by atoms with Crippen molar-refractivity contribution in [3.8, 4) is 0 Å². The maximum Gasteiger partial charge on any atom is 0.314 e. The molecule has 0 spiro atoms. The maximum atomic E-state index is 11.0. The van der Waals surface area contributed by atoms with Gasteiger partial charge in [0.1, 0.15) is 0 Å². The van der Waals surface area contributed by atoms with Crippen molar-refractivity contribution in [3.05, 3.63) is 27.9 Å². The summed E-state index contributed by atoms with van der Waals surface area (Å²) in [4.78, 5) is 14.5. The van der Waals surface area contributed by atoms with Crippen LogP contribution in [0, 0.1) is 23.0 Å². The lowest BCUT2D eigenvalue weighted by Crippen LogP contribution is -2.26. The Morgan fingerprint density at radius 3 is 2.72 bits per heavy atom. The number of hydrogen-bond donors (Lipinski definition) is 2. The van der Waals surface area contributed by atoms with Crippen molar-refractivity contribution in [3.63, 3.8) is 0 Å². The van der Waals surface area contributed by atoms with Crippen LogP contribution in [0.5, 0.6) is 0 Å². The Bertz CT molecular complexity index is 421. The minimum Gasteiger partial charge on any atom is -0.394 e. The molecule has 2 N–H and O–H groups in total. The van der Waals surface area contributed by atoms with Crippen molar-refractivity contribution in [1.82, 2.24) is 4.98 Å². The van der Waals surface area contributed by atoms with Gasteiger partial charge in [-0.2, -0.15) is 0 Å². The van der Waals surface area contributed by atoms with E-state index in [2.05, 4.69) is 10.3 Å². The van der Waals surface area contributed by atoms with Crippen LogP contribution in [0.4, 0.5) is 11.5 Å². The first-order valence-corrected chi connectivity index (χ1v) is 5.93. The molecule has 0 saturated heterocycles. The zero-order chi connectivity index (χ0) is 13.7. The fraction of sp³-hybridized carbons (Fsp3) is 0.583. The summed E-state index contributed by atoms with van der Waals surface area (Å²) < 4.78 is 0. The van der Waals surface area contributed by atoms with Crippen molar-refractivity contribution in [2.24, 2.45) is 5.92 Å². The first kappa shape index (κ1) is 14.4. The molecule has 0 radical (unpaired) electrons. The summed E-state index contributed by atoms with van der Waals surface area (Å²) in [5.41, 5.74) is 0.526. The number of rotatable bonds is 6. The molecule has 1 unspecified atom stereocenters. The smallest absolute Gasteiger partial charge is 0.314 e. The zero-order valence-electron chi connectivity index (χ0n) is 10.9. The molecule has 0 aliphatic carbocycles. The van der Waals surface area contributed by atoms with Crippen LogP contribution in [0.1, 0.15) is 25.8 Å². The monoisotopic (exact) mass is 253 g/mol. The van der Waals surface area contributed by atoms with E-state index in [0.717, 1.165) is 6.42 Å². The van der Waals surface area contributed by atoms with Gasteiger partial charge in [-0.25, -0.2) is 4.98 Å². The van der Waals surface area contributed by atoms with Crippen LogP contribution in [-0.4, -0.2) is 27.7 Å². The Morgan fingerprint density at radius 2 is 2.22 bits per heavy atom. The molecule has 1 aromatic rings. The second-order valence-corrected chi connectivity index (χ2v) is 4.74. The van der Waals surface area contributed by atoms with Gasteiger partial charge in [-0.05, 0) is 25.3 Å². The fourth-order valence-corrected chi connectivity index (χ4v) is 1.83. The number of anilines is 1. The van der Waals surface area contributed by atoms with Gasteiger partial charge in [0.05, 0.1) is 17.6 Å². The minimum absolute atomic E-state index is 0.0280. The van der Waals surface area contributed by atoms with Gasteiger partial charge < -0.3 is 10.4 Å². The molecule has 0 fully saturated rings. The molecule has 1 heterocycles. The molecule has 1 rings (SSSR count). The third kappa shape index (κ3) is 3.66. The van der Waals surface area contributed by atoms with Gasteiger partial charge in [0.2, 0.25) is 5.82 Å². The van der Waals surface area contributed by atoms with E-state index in [1.54, 1.807) is 13.0 Å². The van der Waals surface area contributed by atoms with Crippen molar-refractivity contribution < 1.29 is 10.0 Å². The Hall–Kier alpha value is -1.69. The molecule has 6 nitrogen and oxygen atoms in total. The topological polar surface area (TPSA) is 88.3 Å². The molecule has 0 saturated carbocycles. The first-order chi connectivity index (χ1) is 8.45. The van der Waals surface area contributed by atoms with Gasteiger partial charge in [-0.15, -0.1) is 0 Å². The SMILES string of the molecule is Cc1ccnc(NC(CO)CC(C)C)c1[N+](=O)[O-]. The van der Waals surface area contributed by atoms with E-state index in [-0.39, 0.29) is 24.2 Å². The number of nitrogens with zero attached hydrogens (tertiary/aromatic N) is 2. The lowest BCUT2D eigenvalue weighted by molar-refractivity contribution is -0.384. The fourth-order valence-electron chi connectivity index (χ4n) is 1.83. The molecule has 1 aromatic heterocycles. The van der Waals surface area contributed by atoms with E-state index in [0.29, 0.717) is 11.5 Å². The van der Waals surface area contributed by atoms with Crippen LogP contribution in [0.2, 0.25) is 0 Å². The summed E-state index contributed by atoms with van der Waals surface area (Å²) in [5.74, 6) is 0.609. The van der Waals surface area contributed by atoms with Gasteiger partial charge >= 0.3 is 5.69 Å². The predicted octanol–water partition coefficient (Wildman–Crippen LogP) is 2.12. The van der Waals surface area contributed by atoms with E-state index in [1.165, 1.54) is 6.20 Å². The van der Waals surface area contributed by atoms with Gasteiger partial charge in [0.25, 0.3) is 0 Å². The molecule has 0 aliphatic rings. The van der Waals surface area contributed by atoms with E-state index in [9.17, 15) is 15.2 Å². The molecular weight excluding hydrogens is 234 g/mol. The summed E-state index contributed by atoms with van der Waals surface area (Å²) in [6.07, 6.45) is 2.25. The third-order valence-electron chi connectivity index (χ3n) is 2.63. The average Bonchev–Trinajstić information content (AvgIpc) is 2.27. The number of hydrogen-bond acceptors (Lipinski definition) is 5. The Kier molecular flexibility index (Phi) is 5.03. The molecule has 100 valence electrons. The summed E-state index contributed by atoms with van der Waals surface area (Å²) in [5, 5.41) is 23.2. The van der Waals surface area contributed by atoms with Crippen LogP contribution in [0.25, 0.3) is 0 Å². The Morgan fingerprint density at radius 1 is 1.56 bits per heavy atom. The number of aliphatic hydroxyl groups excluding tert-OH is 1. The van der Waals surface area contributed by atoms with Crippen LogP contribution in [0.3, 0.4) is 0 Å². The molecular formula is C12H19N3O3. The number of nitro groups is 1. The van der Waals surface area contributed by atoms with E-state index < -0.39 is 4.92 Å². The molecule has 6 heteroatoms. The van der Waals surface area contributed by atoms with Crippen molar-refractivity contribution in [1.29, 1.82) is 0 Å². The summed E-state index contributed by atoms with van der Waals surface area (Å²) in [6, 6.07) is 1.37. The van der Waals surface area contributed by atoms with Crippen LogP contribution in [0.15, 0.2) is 12.3 Å². The number of pyridine rings is 1. The molecule has 0 aliphatic heterocycles. The van der Waals surface area contributed by atoms with Gasteiger partial charge in [0.15, 0.2) is 0 Å². The standard InChI is InChI=1S/C12H19N3O3/c1-8(2)6-10(7-16)14-12-11(15(17)18)9(3)4-5-13-12/h4-5,8,10,16H,6-7H2,1-3H3,(H,13,14). The zero-order valence-corrected chi connectivity index (χ0v) is 10.9. The van der Waals surface area contributed by atoms with Crippen LogP contribution >= 0.6 is 0 Å². The van der Waals surface area contributed by atoms with Gasteiger partial charge in [0, 0.05) is 11.8 Å². The highest BCUT2D eigenvalue weighted by Crippen LogP contribution is 2.26. The average molecular weight is 253 g/mol. The van der Waals surface area contributed by atoms with E-state index >= 15 is 0 Å². The van der Waals surface area contributed by atoms with E-state index in [4.69, 9.17) is 0 Å². The van der Waals surface area contributed by atoms with Crippen LogP contribution in [-0.2, 0) is 0 Å². The highest BCUT2D eigenvalue weighted by Gasteiger charge is 2.21. The quantitative estimate of drug-likeness (QED) is 0.598. The number of nitrogens with one attached hydrogen (secondary N) is 1. The molecule has 0 bridgehead atoms. The minimum atomic E-state index is -0.450. The van der Waals surface area contributed by atoms with Crippen molar-refractivity contribution in [2.75, 3.05) is 11.9 Å². The van der Waals surface area contributed by atoms with Crippen molar-refractivity contribution >= 4 is 11.5 Å². The highest BCUT2D eigenvalue weighted by molar-refractivity contribution is 5.60. The lowest BCUT2D eigenvalue weighted by Gasteiger charge is -2.18. The number of aliphatic hydroxyl groups is 1. The maximum absolute atomic E-state index is 11.0. The summed E-state index contributed by atoms with van der Waals surface area (Å²) >= 11 is 0.